The van der Waals surface area contributed by atoms with Gasteiger partial charge in [-0.1, -0.05) is 39.0 Å². The van der Waals surface area contributed by atoms with Crippen molar-refractivity contribution in [1.29, 1.82) is 0 Å². The number of aliphatic hydroxyl groups excluding tert-OH is 1. The highest BCUT2D eigenvalue weighted by atomic mass is 16.4. The fraction of sp³-hybridized carbons (Fsp3) is 0.929. The van der Waals surface area contributed by atoms with Gasteiger partial charge in [0.15, 0.2) is 0 Å². The van der Waals surface area contributed by atoms with E-state index in [0.717, 1.165) is 38.6 Å². The molecule has 0 spiro atoms. The molecule has 0 aromatic carbocycles. The van der Waals surface area contributed by atoms with Crippen molar-refractivity contribution in [3.8, 4) is 0 Å². The lowest BCUT2D eigenvalue weighted by atomic mass is 10.1. The van der Waals surface area contributed by atoms with Crippen LogP contribution in [0.3, 0.4) is 0 Å². The Morgan fingerprint density at radius 1 is 1.06 bits per heavy atom. The minimum Gasteiger partial charge on any atom is -0.481 e. The fourth-order valence-corrected chi connectivity index (χ4v) is 1.89. The van der Waals surface area contributed by atoms with Crippen molar-refractivity contribution in [3.63, 3.8) is 0 Å². The number of unbranched alkanes of at least 4 members (excludes halogenated alkanes) is 6. The normalized spacial score (nSPS) is 12.6. The highest BCUT2D eigenvalue weighted by Gasteiger charge is 2.02. The van der Waals surface area contributed by atoms with E-state index < -0.39 is 12.2 Å². The van der Waals surface area contributed by atoms with Gasteiger partial charge in [0, 0.05) is 6.42 Å². The molecule has 0 saturated heterocycles. The lowest BCUT2D eigenvalue weighted by Crippen LogP contribution is -2.29. The second kappa shape index (κ2) is 12.8. The van der Waals surface area contributed by atoms with Crippen molar-refractivity contribution < 1.29 is 15.0 Å². The quantitative estimate of drug-likeness (QED) is 0.351. The molecular formula is C14H29NO3. The van der Waals surface area contributed by atoms with Crippen LogP contribution in [0, 0.1) is 0 Å². The molecule has 0 fully saturated rings. The molecule has 0 aromatic rings. The lowest BCUT2D eigenvalue weighted by Gasteiger charge is -2.12. The van der Waals surface area contributed by atoms with Gasteiger partial charge in [0.05, 0.1) is 0 Å². The number of hydrogen-bond acceptors (Lipinski definition) is 3. The molecule has 18 heavy (non-hydrogen) atoms. The molecule has 0 aliphatic heterocycles. The van der Waals surface area contributed by atoms with Gasteiger partial charge in [-0.05, 0) is 32.2 Å². The maximum atomic E-state index is 10.3. The number of nitrogens with one attached hydrogen (secondary N) is 1. The molecule has 0 rings (SSSR count). The van der Waals surface area contributed by atoms with Gasteiger partial charge in [-0.15, -0.1) is 0 Å². The monoisotopic (exact) mass is 259 g/mol. The zero-order valence-corrected chi connectivity index (χ0v) is 11.7. The fourth-order valence-electron chi connectivity index (χ4n) is 1.89. The number of carboxylic acids is 1. The van der Waals surface area contributed by atoms with E-state index in [4.69, 9.17) is 5.11 Å². The molecule has 1 unspecified atom stereocenters. The Labute approximate surface area is 111 Å². The molecule has 0 amide bonds. The van der Waals surface area contributed by atoms with E-state index in [9.17, 15) is 9.90 Å². The van der Waals surface area contributed by atoms with Gasteiger partial charge in [-0.25, -0.2) is 0 Å². The van der Waals surface area contributed by atoms with E-state index in [-0.39, 0.29) is 6.42 Å². The molecule has 0 aromatic heterocycles. The molecule has 0 aliphatic rings. The van der Waals surface area contributed by atoms with Crippen LogP contribution in [0.5, 0.6) is 0 Å². The Kier molecular flexibility index (Phi) is 12.4. The van der Waals surface area contributed by atoms with Gasteiger partial charge in [0.1, 0.15) is 6.23 Å². The van der Waals surface area contributed by atoms with Crippen LogP contribution < -0.4 is 5.32 Å². The summed E-state index contributed by atoms with van der Waals surface area (Å²) >= 11 is 0. The van der Waals surface area contributed by atoms with Crippen LogP contribution in [0.25, 0.3) is 0 Å². The minimum absolute atomic E-state index is 0.250. The van der Waals surface area contributed by atoms with E-state index in [1.165, 1.54) is 25.7 Å². The second-order valence-corrected chi connectivity index (χ2v) is 4.88. The Hall–Kier alpha value is -0.610. The molecule has 0 aliphatic carbocycles. The summed E-state index contributed by atoms with van der Waals surface area (Å²) in [5.41, 5.74) is 0. The Balaban J connectivity index is 3.16. The van der Waals surface area contributed by atoms with Crippen molar-refractivity contribution in [1.82, 2.24) is 5.32 Å². The summed E-state index contributed by atoms with van der Waals surface area (Å²) in [5, 5.41) is 21.2. The molecule has 4 heteroatoms. The van der Waals surface area contributed by atoms with Crippen molar-refractivity contribution in [2.24, 2.45) is 0 Å². The summed E-state index contributed by atoms with van der Waals surface area (Å²) in [5.74, 6) is -0.727. The number of carboxylic acid groups (broad SMARTS) is 1. The zero-order chi connectivity index (χ0) is 13.6. The van der Waals surface area contributed by atoms with Crippen LogP contribution in [0.2, 0.25) is 0 Å². The van der Waals surface area contributed by atoms with Gasteiger partial charge in [0.25, 0.3) is 0 Å². The van der Waals surface area contributed by atoms with Gasteiger partial charge < -0.3 is 10.2 Å². The molecule has 3 N–H and O–H groups in total. The predicted octanol–water partition coefficient (Wildman–Crippen LogP) is 2.90. The first-order chi connectivity index (χ1) is 8.66. The zero-order valence-electron chi connectivity index (χ0n) is 11.7. The van der Waals surface area contributed by atoms with Crippen LogP contribution in [-0.4, -0.2) is 29.0 Å². The van der Waals surface area contributed by atoms with Crippen LogP contribution in [0.15, 0.2) is 0 Å². The summed E-state index contributed by atoms with van der Waals surface area (Å²) in [4.78, 5) is 10.3. The molecule has 108 valence electrons. The Morgan fingerprint density at radius 2 is 1.72 bits per heavy atom. The van der Waals surface area contributed by atoms with Gasteiger partial charge in [-0.3, -0.25) is 10.1 Å². The first kappa shape index (κ1) is 17.4. The third-order valence-corrected chi connectivity index (χ3v) is 3.03. The van der Waals surface area contributed by atoms with Crippen molar-refractivity contribution in [2.75, 3.05) is 6.54 Å². The number of carbonyl (C=O) groups is 1. The summed E-state index contributed by atoms with van der Waals surface area (Å²) in [6.07, 6.45) is 9.30. The smallest absolute Gasteiger partial charge is 0.303 e. The minimum atomic E-state index is -0.727. The van der Waals surface area contributed by atoms with Gasteiger partial charge in [-0.2, -0.15) is 0 Å². The number of rotatable bonds is 13. The van der Waals surface area contributed by atoms with E-state index in [0.29, 0.717) is 0 Å². The largest absolute Gasteiger partial charge is 0.481 e. The number of aliphatic hydroxyl groups is 1. The summed E-state index contributed by atoms with van der Waals surface area (Å²) in [7, 11) is 0. The van der Waals surface area contributed by atoms with E-state index in [1.54, 1.807) is 0 Å². The third-order valence-electron chi connectivity index (χ3n) is 3.03. The van der Waals surface area contributed by atoms with Crippen molar-refractivity contribution in [3.05, 3.63) is 0 Å². The molecular weight excluding hydrogens is 230 g/mol. The summed E-state index contributed by atoms with van der Waals surface area (Å²) in [6.45, 7) is 2.97. The molecule has 1 atom stereocenters. The Bertz CT molecular complexity index is 197. The van der Waals surface area contributed by atoms with Crippen LogP contribution in [0.4, 0.5) is 0 Å². The van der Waals surface area contributed by atoms with Crippen LogP contribution in [-0.2, 0) is 4.79 Å². The summed E-state index contributed by atoms with van der Waals surface area (Å²) in [6, 6.07) is 0. The second-order valence-electron chi connectivity index (χ2n) is 4.88. The first-order valence-electron chi connectivity index (χ1n) is 7.30. The van der Waals surface area contributed by atoms with E-state index >= 15 is 0 Å². The maximum Gasteiger partial charge on any atom is 0.303 e. The standard InChI is InChI=1S/C14H29NO3/c1-2-3-4-5-7-10-13(16)15-12-9-6-8-11-14(17)18/h13,15-16H,2-12H2,1H3,(H,17,18). The molecule has 0 radical (unpaired) electrons. The number of aliphatic carboxylic acids is 1. The highest BCUT2D eigenvalue weighted by Crippen LogP contribution is 2.06. The highest BCUT2D eigenvalue weighted by molar-refractivity contribution is 5.66. The van der Waals surface area contributed by atoms with Crippen LogP contribution in [0.1, 0.15) is 71.1 Å². The SMILES string of the molecule is CCCCCCCC(O)NCCCCCC(=O)O. The van der Waals surface area contributed by atoms with Crippen molar-refractivity contribution >= 4 is 5.97 Å². The Morgan fingerprint density at radius 3 is 2.39 bits per heavy atom. The predicted molar refractivity (Wildman–Crippen MR) is 73.5 cm³/mol. The van der Waals surface area contributed by atoms with E-state index in [2.05, 4.69) is 12.2 Å². The van der Waals surface area contributed by atoms with Gasteiger partial charge in [0.2, 0.25) is 0 Å². The molecule has 4 nitrogen and oxygen atoms in total. The number of hydrogen-bond donors (Lipinski definition) is 3. The average Bonchev–Trinajstić information content (AvgIpc) is 2.33. The van der Waals surface area contributed by atoms with E-state index in [1.807, 2.05) is 0 Å². The van der Waals surface area contributed by atoms with Crippen LogP contribution >= 0.6 is 0 Å². The molecule has 0 heterocycles. The summed E-state index contributed by atoms with van der Waals surface area (Å²) < 4.78 is 0. The first-order valence-corrected chi connectivity index (χ1v) is 7.30. The van der Waals surface area contributed by atoms with Gasteiger partial charge >= 0.3 is 5.97 Å². The maximum absolute atomic E-state index is 10.3. The molecule has 0 saturated carbocycles. The lowest BCUT2D eigenvalue weighted by molar-refractivity contribution is -0.137. The topological polar surface area (TPSA) is 69.6 Å². The van der Waals surface area contributed by atoms with Crippen molar-refractivity contribution in [2.45, 2.75) is 77.4 Å². The average molecular weight is 259 g/mol. The third kappa shape index (κ3) is 13.5. The molecule has 0 bridgehead atoms.